The molecule has 0 N–H and O–H groups in total. The van der Waals surface area contributed by atoms with Gasteiger partial charge in [-0.15, -0.1) is 0 Å². The van der Waals surface area contributed by atoms with Crippen molar-refractivity contribution >= 4 is 16.1 Å². The van der Waals surface area contributed by atoms with Crippen molar-refractivity contribution in [3.8, 4) is 0 Å². The SMILES string of the molecule is CCc1noc(C)c1C(=O)N1CCN(S(=O)(=O)N(C)C2CCCCC2)CC1. The Balaban J connectivity index is 1.64. The monoisotopic (exact) mass is 398 g/mol. The number of rotatable bonds is 5. The van der Waals surface area contributed by atoms with Gasteiger partial charge in [0.2, 0.25) is 0 Å². The zero-order valence-corrected chi connectivity index (χ0v) is 17.3. The van der Waals surface area contributed by atoms with E-state index in [4.69, 9.17) is 4.52 Å². The minimum Gasteiger partial charge on any atom is -0.361 e. The van der Waals surface area contributed by atoms with Crippen molar-refractivity contribution in [2.45, 2.75) is 58.4 Å². The van der Waals surface area contributed by atoms with E-state index in [0.717, 1.165) is 25.7 Å². The summed E-state index contributed by atoms with van der Waals surface area (Å²) in [6.45, 7) is 5.06. The lowest BCUT2D eigenvalue weighted by atomic mass is 9.96. The van der Waals surface area contributed by atoms with Gasteiger partial charge in [-0.05, 0) is 26.2 Å². The first-order chi connectivity index (χ1) is 12.9. The van der Waals surface area contributed by atoms with Crippen molar-refractivity contribution in [2.24, 2.45) is 0 Å². The number of amides is 1. The molecule has 0 radical (unpaired) electrons. The summed E-state index contributed by atoms with van der Waals surface area (Å²) in [7, 11) is -1.80. The highest BCUT2D eigenvalue weighted by Crippen LogP contribution is 2.25. The maximum absolute atomic E-state index is 13.0. The van der Waals surface area contributed by atoms with E-state index in [2.05, 4.69) is 5.16 Å². The molecule has 2 aliphatic rings. The van der Waals surface area contributed by atoms with Gasteiger partial charge in [0.1, 0.15) is 11.3 Å². The van der Waals surface area contributed by atoms with Crippen molar-refractivity contribution in [3.63, 3.8) is 0 Å². The standard InChI is InChI=1S/C18H30N4O4S/c1-4-16-17(14(2)26-19-16)18(23)21-10-12-22(13-11-21)27(24,25)20(3)15-8-6-5-7-9-15/h15H,4-13H2,1-3H3. The smallest absolute Gasteiger partial charge is 0.282 e. The summed E-state index contributed by atoms with van der Waals surface area (Å²) >= 11 is 0. The Labute approximate surface area is 161 Å². The molecule has 0 aromatic carbocycles. The Morgan fingerprint density at radius 1 is 1.19 bits per heavy atom. The zero-order valence-electron chi connectivity index (χ0n) is 16.5. The van der Waals surface area contributed by atoms with Crippen LogP contribution in [0.2, 0.25) is 0 Å². The van der Waals surface area contributed by atoms with Crippen molar-refractivity contribution in [3.05, 3.63) is 17.0 Å². The molecule has 1 aliphatic carbocycles. The molecule has 27 heavy (non-hydrogen) atoms. The molecule has 0 unspecified atom stereocenters. The van der Waals surface area contributed by atoms with Crippen LogP contribution in [-0.2, 0) is 16.6 Å². The maximum atomic E-state index is 13.0. The van der Waals surface area contributed by atoms with Crippen LogP contribution in [0.3, 0.4) is 0 Å². The molecule has 152 valence electrons. The fraction of sp³-hybridized carbons (Fsp3) is 0.778. The molecule has 2 fully saturated rings. The van der Waals surface area contributed by atoms with Crippen LogP contribution in [0.4, 0.5) is 0 Å². The zero-order chi connectivity index (χ0) is 19.6. The number of hydrogen-bond donors (Lipinski definition) is 0. The second-order valence-electron chi connectivity index (χ2n) is 7.42. The molecule has 8 nitrogen and oxygen atoms in total. The van der Waals surface area contributed by atoms with E-state index in [1.165, 1.54) is 10.7 Å². The summed E-state index contributed by atoms with van der Waals surface area (Å²) in [6.07, 6.45) is 5.85. The van der Waals surface area contributed by atoms with Crippen LogP contribution in [-0.4, -0.2) is 72.3 Å². The third-order valence-electron chi connectivity index (χ3n) is 5.79. The largest absolute Gasteiger partial charge is 0.361 e. The molecule has 1 aromatic heterocycles. The second kappa shape index (κ2) is 8.28. The lowest BCUT2D eigenvalue weighted by molar-refractivity contribution is 0.0690. The Morgan fingerprint density at radius 2 is 1.81 bits per heavy atom. The summed E-state index contributed by atoms with van der Waals surface area (Å²) in [5, 5.41) is 3.94. The first-order valence-corrected chi connectivity index (χ1v) is 11.2. The number of aryl methyl sites for hydroxylation is 2. The fourth-order valence-electron chi connectivity index (χ4n) is 4.03. The summed E-state index contributed by atoms with van der Waals surface area (Å²) < 4.78 is 34.1. The summed E-state index contributed by atoms with van der Waals surface area (Å²) in [4.78, 5) is 14.5. The van der Waals surface area contributed by atoms with Gasteiger partial charge >= 0.3 is 0 Å². The molecule has 0 bridgehead atoms. The molecule has 9 heteroatoms. The highest BCUT2D eigenvalue weighted by molar-refractivity contribution is 7.86. The topological polar surface area (TPSA) is 87.0 Å². The number of carbonyl (C=O) groups excluding carboxylic acids is 1. The number of carbonyl (C=O) groups is 1. The second-order valence-corrected chi connectivity index (χ2v) is 9.41. The molecule has 1 saturated heterocycles. The molecular weight excluding hydrogens is 368 g/mol. The number of aromatic nitrogens is 1. The summed E-state index contributed by atoms with van der Waals surface area (Å²) in [5.41, 5.74) is 1.18. The van der Waals surface area contributed by atoms with E-state index < -0.39 is 10.2 Å². The number of nitrogens with zero attached hydrogens (tertiary/aromatic N) is 4. The predicted molar refractivity (Wildman–Crippen MR) is 102 cm³/mol. The van der Waals surface area contributed by atoms with Crippen molar-refractivity contribution in [1.82, 2.24) is 18.7 Å². The average molecular weight is 399 g/mol. The minimum absolute atomic E-state index is 0.0928. The normalized spacial score (nSPS) is 20.4. The molecule has 0 spiro atoms. The lowest BCUT2D eigenvalue weighted by Crippen LogP contribution is -2.55. The van der Waals surface area contributed by atoms with Gasteiger partial charge in [0.05, 0.1) is 5.69 Å². The molecule has 1 saturated carbocycles. The predicted octanol–water partition coefficient (Wildman–Crippen LogP) is 1.81. The number of piperazine rings is 1. The number of hydrogen-bond acceptors (Lipinski definition) is 5. The van der Waals surface area contributed by atoms with Gasteiger partial charge in [0, 0.05) is 39.3 Å². The van der Waals surface area contributed by atoms with Crippen molar-refractivity contribution < 1.29 is 17.7 Å². The first-order valence-electron chi connectivity index (χ1n) is 9.83. The third-order valence-corrected chi connectivity index (χ3v) is 7.83. The van der Waals surface area contributed by atoms with Crippen molar-refractivity contribution in [2.75, 3.05) is 33.2 Å². The molecule has 1 aliphatic heterocycles. The first kappa shape index (κ1) is 20.3. The summed E-state index contributed by atoms with van der Waals surface area (Å²) in [6, 6.07) is 0.0928. The summed E-state index contributed by atoms with van der Waals surface area (Å²) in [5.74, 6) is 0.396. The Kier molecular flexibility index (Phi) is 6.22. The van der Waals surface area contributed by atoms with Gasteiger partial charge in [0.15, 0.2) is 0 Å². The van der Waals surface area contributed by atoms with E-state index >= 15 is 0 Å². The molecule has 0 atom stereocenters. The molecule has 3 rings (SSSR count). The van der Waals surface area contributed by atoms with Gasteiger partial charge in [-0.25, -0.2) is 0 Å². The van der Waals surface area contributed by atoms with E-state index in [9.17, 15) is 13.2 Å². The van der Waals surface area contributed by atoms with Gasteiger partial charge in [-0.3, -0.25) is 4.79 Å². The minimum atomic E-state index is -3.49. The maximum Gasteiger partial charge on any atom is 0.282 e. The Bertz CT molecular complexity index is 762. The highest BCUT2D eigenvalue weighted by Gasteiger charge is 2.36. The molecule has 1 amide bonds. The van der Waals surface area contributed by atoms with Crippen LogP contribution in [0.25, 0.3) is 0 Å². The van der Waals surface area contributed by atoms with Gasteiger partial charge in [-0.1, -0.05) is 31.3 Å². The van der Waals surface area contributed by atoms with E-state index in [-0.39, 0.29) is 11.9 Å². The van der Waals surface area contributed by atoms with Gasteiger partial charge in [-0.2, -0.15) is 17.0 Å². The third kappa shape index (κ3) is 4.05. The van der Waals surface area contributed by atoms with E-state index in [1.54, 1.807) is 23.2 Å². The van der Waals surface area contributed by atoms with E-state index in [1.807, 2.05) is 6.92 Å². The van der Waals surface area contributed by atoms with Crippen LogP contribution in [0, 0.1) is 6.92 Å². The van der Waals surface area contributed by atoms with Crippen LogP contribution in [0.5, 0.6) is 0 Å². The van der Waals surface area contributed by atoms with Crippen LogP contribution in [0.15, 0.2) is 4.52 Å². The molecule has 2 heterocycles. The Hall–Kier alpha value is -1.45. The average Bonchev–Trinajstić information content (AvgIpc) is 3.08. The van der Waals surface area contributed by atoms with E-state index in [0.29, 0.717) is 49.6 Å². The van der Waals surface area contributed by atoms with Crippen molar-refractivity contribution in [1.29, 1.82) is 0 Å². The van der Waals surface area contributed by atoms with Crippen LogP contribution < -0.4 is 0 Å². The van der Waals surface area contributed by atoms with Gasteiger partial charge in [0.25, 0.3) is 16.1 Å². The van der Waals surface area contributed by atoms with Gasteiger partial charge < -0.3 is 9.42 Å². The van der Waals surface area contributed by atoms with Crippen LogP contribution >= 0.6 is 0 Å². The molecule has 1 aromatic rings. The highest BCUT2D eigenvalue weighted by atomic mass is 32.2. The Morgan fingerprint density at radius 3 is 2.41 bits per heavy atom. The molecular formula is C18H30N4O4S. The fourth-order valence-corrected chi connectivity index (χ4v) is 5.61. The lowest BCUT2D eigenvalue weighted by Gasteiger charge is -2.38. The van der Waals surface area contributed by atoms with Crippen LogP contribution in [0.1, 0.15) is 60.8 Å². The quantitative estimate of drug-likeness (QED) is 0.755.